The summed E-state index contributed by atoms with van der Waals surface area (Å²) in [6.45, 7) is 1.99. The summed E-state index contributed by atoms with van der Waals surface area (Å²) in [7, 11) is 0. The van der Waals surface area contributed by atoms with Crippen molar-refractivity contribution in [2.45, 2.75) is 26.2 Å². The number of benzene rings is 1. The molecule has 2 rings (SSSR count). The standard InChI is InChI=1S/C13H14BrNO3/c1-2-8-7-9(14)3-4-10(8)15-11(16)13(5-6-13)12(17)18/h3-4,7H,2,5-6H2,1H3,(H,15,16)(H,17,18). The number of hydrogen-bond donors (Lipinski definition) is 2. The smallest absolute Gasteiger partial charge is 0.319 e. The molecule has 96 valence electrons. The fourth-order valence-electron chi connectivity index (χ4n) is 1.88. The van der Waals surface area contributed by atoms with Crippen molar-refractivity contribution >= 4 is 33.5 Å². The second-order valence-corrected chi connectivity index (χ2v) is 5.41. The average Bonchev–Trinajstić information content (AvgIpc) is 3.12. The first-order valence-electron chi connectivity index (χ1n) is 5.83. The summed E-state index contributed by atoms with van der Waals surface area (Å²) in [5, 5.41) is 11.8. The molecule has 0 aromatic heterocycles. The van der Waals surface area contributed by atoms with Gasteiger partial charge in [-0.15, -0.1) is 0 Å². The first-order chi connectivity index (χ1) is 8.49. The molecule has 0 unspecified atom stereocenters. The molecular formula is C13H14BrNO3. The van der Waals surface area contributed by atoms with E-state index in [1.54, 1.807) is 6.07 Å². The third-order valence-electron chi connectivity index (χ3n) is 3.29. The summed E-state index contributed by atoms with van der Waals surface area (Å²) >= 11 is 3.37. The number of carbonyl (C=O) groups is 2. The first kappa shape index (κ1) is 13.1. The lowest BCUT2D eigenvalue weighted by atomic mass is 10.1. The molecule has 0 heterocycles. The average molecular weight is 312 g/mol. The largest absolute Gasteiger partial charge is 0.480 e. The Bertz CT molecular complexity index is 509. The van der Waals surface area contributed by atoms with E-state index in [9.17, 15) is 9.59 Å². The highest BCUT2D eigenvalue weighted by atomic mass is 79.9. The van der Waals surface area contributed by atoms with Gasteiger partial charge in [-0.1, -0.05) is 22.9 Å². The number of rotatable bonds is 4. The van der Waals surface area contributed by atoms with E-state index in [1.807, 2.05) is 19.1 Å². The van der Waals surface area contributed by atoms with Crippen LogP contribution in [-0.4, -0.2) is 17.0 Å². The van der Waals surface area contributed by atoms with E-state index in [0.717, 1.165) is 16.5 Å². The van der Waals surface area contributed by atoms with Gasteiger partial charge in [-0.3, -0.25) is 9.59 Å². The lowest BCUT2D eigenvalue weighted by Crippen LogP contribution is -2.31. The van der Waals surface area contributed by atoms with E-state index >= 15 is 0 Å². The lowest BCUT2D eigenvalue weighted by Gasteiger charge is -2.14. The second-order valence-electron chi connectivity index (χ2n) is 4.50. The van der Waals surface area contributed by atoms with Gasteiger partial charge in [0, 0.05) is 10.2 Å². The Balaban J connectivity index is 2.20. The second kappa shape index (κ2) is 4.72. The molecule has 1 aliphatic carbocycles. The van der Waals surface area contributed by atoms with Crippen molar-refractivity contribution in [3.05, 3.63) is 28.2 Å². The zero-order chi connectivity index (χ0) is 13.3. The topological polar surface area (TPSA) is 66.4 Å². The van der Waals surface area contributed by atoms with Crippen LogP contribution < -0.4 is 5.32 Å². The predicted octanol–water partition coefficient (Wildman–Crippen LogP) is 2.81. The van der Waals surface area contributed by atoms with E-state index in [0.29, 0.717) is 18.5 Å². The summed E-state index contributed by atoms with van der Waals surface area (Å²) in [6.07, 6.45) is 1.62. The molecular weight excluding hydrogens is 298 g/mol. The molecule has 0 aliphatic heterocycles. The maximum atomic E-state index is 12.0. The first-order valence-corrected chi connectivity index (χ1v) is 6.62. The molecule has 1 saturated carbocycles. The SMILES string of the molecule is CCc1cc(Br)ccc1NC(=O)C1(C(=O)O)CC1. The van der Waals surface area contributed by atoms with Gasteiger partial charge in [0.25, 0.3) is 0 Å². The van der Waals surface area contributed by atoms with Gasteiger partial charge in [-0.2, -0.15) is 0 Å². The van der Waals surface area contributed by atoms with Crippen LogP contribution in [0.3, 0.4) is 0 Å². The van der Waals surface area contributed by atoms with E-state index in [2.05, 4.69) is 21.2 Å². The van der Waals surface area contributed by atoms with Gasteiger partial charge in [0.2, 0.25) is 5.91 Å². The fourth-order valence-corrected chi connectivity index (χ4v) is 2.29. The third-order valence-corrected chi connectivity index (χ3v) is 3.78. The molecule has 0 radical (unpaired) electrons. The molecule has 1 aromatic rings. The predicted molar refractivity (Wildman–Crippen MR) is 71.5 cm³/mol. The maximum Gasteiger partial charge on any atom is 0.319 e. The Morgan fingerprint density at radius 1 is 1.44 bits per heavy atom. The Labute approximate surface area is 114 Å². The molecule has 0 spiro atoms. The maximum absolute atomic E-state index is 12.0. The summed E-state index contributed by atoms with van der Waals surface area (Å²) in [6, 6.07) is 5.55. The molecule has 1 amide bonds. The minimum absolute atomic E-state index is 0.410. The van der Waals surface area contributed by atoms with Gasteiger partial charge in [-0.25, -0.2) is 0 Å². The number of hydrogen-bond acceptors (Lipinski definition) is 2. The van der Waals surface area contributed by atoms with Crippen molar-refractivity contribution in [3.63, 3.8) is 0 Å². The van der Waals surface area contributed by atoms with Crippen LogP contribution in [0, 0.1) is 5.41 Å². The van der Waals surface area contributed by atoms with E-state index in [-0.39, 0.29) is 0 Å². The molecule has 2 N–H and O–H groups in total. The highest BCUT2D eigenvalue weighted by Gasteiger charge is 2.57. The molecule has 1 aromatic carbocycles. The fraction of sp³-hybridized carbons (Fsp3) is 0.385. The van der Waals surface area contributed by atoms with Gasteiger partial charge in [0.15, 0.2) is 0 Å². The number of aliphatic carboxylic acids is 1. The zero-order valence-corrected chi connectivity index (χ0v) is 11.6. The quantitative estimate of drug-likeness (QED) is 0.840. The van der Waals surface area contributed by atoms with Crippen LogP contribution in [0.2, 0.25) is 0 Å². The van der Waals surface area contributed by atoms with Crippen LogP contribution in [0.5, 0.6) is 0 Å². The van der Waals surface area contributed by atoms with Crippen molar-refractivity contribution in [1.82, 2.24) is 0 Å². The highest BCUT2D eigenvalue weighted by Crippen LogP contribution is 2.46. The molecule has 5 heteroatoms. The number of carboxylic acids is 1. The summed E-state index contributed by atoms with van der Waals surface area (Å²) in [5.74, 6) is -1.44. The molecule has 0 bridgehead atoms. The van der Waals surface area contributed by atoms with Crippen LogP contribution in [-0.2, 0) is 16.0 Å². The minimum Gasteiger partial charge on any atom is -0.480 e. The van der Waals surface area contributed by atoms with Crippen molar-refractivity contribution in [2.75, 3.05) is 5.32 Å². The number of anilines is 1. The van der Waals surface area contributed by atoms with Gasteiger partial charge in [0.1, 0.15) is 5.41 Å². The molecule has 18 heavy (non-hydrogen) atoms. The molecule has 0 saturated heterocycles. The third kappa shape index (κ3) is 2.27. The van der Waals surface area contributed by atoms with E-state index in [4.69, 9.17) is 5.11 Å². The number of aryl methyl sites for hydroxylation is 1. The summed E-state index contributed by atoms with van der Waals surface area (Å²) in [5.41, 5.74) is 0.482. The van der Waals surface area contributed by atoms with Crippen LogP contribution >= 0.6 is 15.9 Å². The Morgan fingerprint density at radius 3 is 2.61 bits per heavy atom. The molecule has 0 atom stereocenters. The van der Waals surface area contributed by atoms with Crippen molar-refractivity contribution in [2.24, 2.45) is 5.41 Å². The number of carboxylic acid groups (broad SMARTS) is 1. The Kier molecular flexibility index (Phi) is 3.43. The van der Waals surface area contributed by atoms with E-state index < -0.39 is 17.3 Å². The summed E-state index contributed by atoms with van der Waals surface area (Å²) in [4.78, 5) is 23.0. The van der Waals surface area contributed by atoms with Crippen LogP contribution in [0.4, 0.5) is 5.69 Å². The molecule has 4 nitrogen and oxygen atoms in total. The van der Waals surface area contributed by atoms with Gasteiger partial charge in [0.05, 0.1) is 0 Å². The van der Waals surface area contributed by atoms with Gasteiger partial charge < -0.3 is 10.4 Å². The van der Waals surface area contributed by atoms with Crippen LogP contribution in [0.1, 0.15) is 25.3 Å². The van der Waals surface area contributed by atoms with Gasteiger partial charge >= 0.3 is 5.97 Å². The van der Waals surface area contributed by atoms with E-state index in [1.165, 1.54) is 0 Å². The number of carbonyl (C=O) groups excluding carboxylic acids is 1. The monoisotopic (exact) mass is 311 g/mol. The zero-order valence-electron chi connectivity index (χ0n) is 10.00. The number of nitrogens with one attached hydrogen (secondary N) is 1. The van der Waals surface area contributed by atoms with Gasteiger partial charge in [-0.05, 0) is 43.0 Å². The van der Waals surface area contributed by atoms with Crippen molar-refractivity contribution < 1.29 is 14.7 Å². The Hall–Kier alpha value is -1.36. The van der Waals surface area contributed by atoms with Crippen LogP contribution in [0.15, 0.2) is 22.7 Å². The number of amides is 1. The lowest BCUT2D eigenvalue weighted by molar-refractivity contribution is -0.147. The van der Waals surface area contributed by atoms with Crippen LogP contribution in [0.25, 0.3) is 0 Å². The highest BCUT2D eigenvalue weighted by molar-refractivity contribution is 9.10. The summed E-state index contributed by atoms with van der Waals surface area (Å²) < 4.78 is 0.941. The normalized spacial score (nSPS) is 16.1. The minimum atomic E-state index is -1.20. The van der Waals surface area contributed by atoms with Crippen molar-refractivity contribution in [1.29, 1.82) is 0 Å². The Morgan fingerprint density at radius 2 is 2.11 bits per heavy atom. The molecule has 1 aliphatic rings. The molecule has 1 fully saturated rings. The van der Waals surface area contributed by atoms with Crippen molar-refractivity contribution in [3.8, 4) is 0 Å². The number of halogens is 1.